The Morgan fingerprint density at radius 1 is 1.43 bits per heavy atom. The highest BCUT2D eigenvalue weighted by atomic mass is 16.6. The lowest BCUT2D eigenvalue weighted by atomic mass is 10.1. The maximum Gasteiger partial charge on any atom is 0.292 e. The quantitative estimate of drug-likeness (QED) is 0.659. The van der Waals surface area contributed by atoms with Gasteiger partial charge in [0.2, 0.25) is 5.91 Å². The number of carbonyl (C=O) groups excluding carboxylic acids is 1. The highest BCUT2D eigenvalue weighted by Crippen LogP contribution is 2.26. The van der Waals surface area contributed by atoms with Crippen LogP contribution in [0.3, 0.4) is 0 Å². The summed E-state index contributed by atoms with van der Waals surface area (Å²) in [6.07, 6.45) is 1.61. The summed E-state index contributed by atoms with van der Waals surface area (Å²) in [5.74, 6) is -0.0254. The number of amides is 1. The molecule has 0 radical (unpaired) electrons. The second-order valence-electron chi connectivity index (χ2n) is 5.32. The van der Waals surface area contributed by atoms with Crippen molar-refractivity contribution < 1.29 is 9.72 Å². The van der Waals surface area contributed by atoms with Crippen LogP contribution in [-0.2, 0) is 4.79 Å². The summed E-state index contributed by atoms with van der Waals surface area (Å²) in [4.78, 5) is 26.2. The Hall–Kier alpha value is -2.15. The number of benzene rings is 1. The molecular weight excluding hydrogens is 272 g/mol. The van der Waals surface area contributed by atoms with Crippen LogP contribution in [0.5, 0.6) is 0 Å². The van der Waals surface area contributed by atoms with Gasteiger partial charge in [0.15, 0.2) is 0 Å². The predicted molar refractivity (Wildman–Crippen MR) is 80.2 cm³/mol. The lowest BCUT2D eigenvalue weighted by Crippen LogP contribution is -2.46. The first-order chi connectivity index (χ1) is 9.99. The Balaban J connectivity index is 2.03. The van der Waals surface area contributed by atoms with Gasteiger partial charge in [-0.1, -0.05) is 12.1 Å². The number of hydrogen-bond acceptors (Lipinski definition) is 5. The molecular formula is C14H20N4O3. The van der Waals surface area contributed by atoms with Crippen LogP contribution in [0.25, 0.3) is 0 Å². The Morgan fingerprint density at radius 3 is 2.67 bits per heavy atom. The highest BCUT2D eigenvalue weighted by molar-refractivity contribution is 5.82. The summed E-state index contributed by atoms with van der Waals surface area (Å²) in [7, 11) is 1.69. The standard InChI is InChI=1S/C14H20N4O3/c1-16(12-4-2-3-5-13(12)18(20)21)10-14(19)17-8-6-11(15)7-9-17/h2-5,11H,6-10,15H2,1H3. The van der Waals surface area contributed by atoms with Crippen LogP contribution in [0.2, 0.25) is 0 Å². The average Bonchev–Trinajstić information content (AvgIpc) is 2.47. The van der Waals surface area contributed by atoms with Gasteiger partial charge in [-0.3, -0.25) is 14.9 Å². The van der Waals surface area contributed by atoms with Crippen molar-refractivity contribution in [2.24, 2.45) is 5.73 Å². The van der Waals surface area contributed by atoms with Crippen molar-refractivity contribution in [3.63, 3.8) is 0 Å². The Bertz CT molecular complexity index is 527. The molecule has 0 bridgehead atoms. The fourth-order valence-electron chi connectivity index (χ4n) is 2.48. The van der Waals surface area contributed by atoms with Crippen LogP contribution in [0.1, 0.15) is 12.8 Å². The van der Waals surface area contributed by atoms with Gasteiger partial charge in [0, 0.05) is 32.2 Å². The minimum absolute atomic E-state index is 0.00784. The molecule has 1 saturated heterocycles. The number of piperidine rings is 1. The van der Waals surface area contributed by atoms with Crippen LogP contribution >= 0.6 is 0 Å². The average molecular weight is 292 g/mol. The molecule has 7 nitrogen and oxygen atoms in total. The molecule has 0 aliphatic carbocycles. The molecule has 0 spiro atoms. The Labute approximate surface area is 123 Å². The number of carbonyl (C=O) groups is 1. The molecule has 1 aliphatic rings. The van der Waals surface area contributed by atoms with Gasteiger partial charge in [-0.15, -0.1) is 0 Å². The number of anilines is 1. The summed E-state index contributed by atoms with van der Waals surface area (Å²) >= 11 is 0. The van der Waals surface area contributed by atoms with E-state index < -0.39 is 4.92 Å². The molecule has 7 heteroatoms. The lowest BCUT2D eigenvalue weighted by Gasteiger charge is -2.31. The van der Waals surface area contributed by atoms with Crippen molar-refractivity contribution >= 4 is 17.3 Å². The van der Waals surface area contributed by atoms with Crippen molar-refractivity contribution in [3.05, 3.63) is 34.4 Å². The smallest absolute Gasteiger partial charge is 0.292 e. The molecule has 0 saturated carbocycles. The zero-order valence-electron chi connectivity index (χ0n) is 12.1. The first kappa shape index (κ1) is 15.2. The van der Waals surface area contributed by atoms with E-state index >= 15 is 0 Å². The topological polar surface area (TPSA) is 92.7 Å². The largest absolute Gasteiger partial charge is 0.360 e. The second-order valence-corrected chi connectivity index (χ2v) is 5.32. The van der Waals surface area contributed by atoms with E-state index in [-0.39, 0.29) is 24.2 Å². The Kier molecular flexibility index (Phi) is 4.74. The van der Waals surface area contributed by atoms with Crippen LogP contribution in [0.4, 0.5) is 11.4 Å². The number of nitro benzene ring substituents is 1. The van der Waals surface area contributed by atoms with Gasteiger partial charge in [-0.2, -0.15) is 0 Å². The summed E-state index contributed by atoms with van der Waals surface area (Å²) in [5.41, 5.74) is 6.28. The maximum absolute atomic E-state index is 12.2. The molecule has 2 N–H and O–H groups in total. The Morgan fingerprint density at radius 2 is 2.05 bits per heavy atom. The first-order valence-corrected chi connectivity index (χ1v) is 6.97. The number of para-hydroxylation sites is 2. The molecule has 114 valence electrons. The molecule has 1 amide bonds. The van der Waals surface area contributed by atoms with E-state index in [0.29, 0.717) is 18.8 Å². The lowest BCUT2D eigenvalue weighted by molar-refractivity contribution is -0.384. The van der Waals surface area contributed by atoms with E-state index in [2.05, 4.69) is 0 Å². The van der Waals surface area contributed by atoms with Crippen LogP contribution in [-0.4, -0.2) is 48.5 Å². The maximum atomic E-state index is 12.2. The number of likely N-dealkylation sites (tertiary alicyclic amines) is 1. The van der Waals surface area contributed by atoms with Crippen molar-refractivity contribution in [3.8, 4) is 0 Å². The molecule has 0 aromatic heterocycles. The first-order valence-electron chi connectivity index (χ1n) is 6.97. The zero-order valence-corrected chi connectivity index (χ0v) is 12.1. The molecule has 0 unspecified atom stereocenters. The predicted octanol–water partition coefficient (Wildman–Crippen LogP) is 0.981. The third-order valence-corrected chi connectivity index (χ3v) is 3.75. The summed E-state index contributed by atoms with van der Waals surface area (Å²) in [6, 6.07) is 6.60. The number of nitro groups is 1. The summed E-state index contributed by atoms with van der Waals surface area (Å²) in [5, 5.41) is 11.0. The number of rotatable bonds is 4. The minimum atomic E-state index is -0.434. The van der Waals surface area contributed by atoms with Crippen molar-refractivity contribution in [1.82, 2.24) is 4.90 Å². The third-order valence-electron chi connectivity index (χ3n) is 3.75. The molecule has 2 rings (SSSR count). The fraction of sp³-hybridized carbons (Fsp3) is 0.500. The number of likely N-dealkylation sites (N-methyl/N-ethyl adjacent to an activating group) is 1. The van der Waals surface area contributed by atoms with Crippen LogP contribution < -0.4 is 10.6 Å². The summed E-state index contributed by atoms with van der Waals surface area (Å²) in [6.45, 7) is 1.44. The van der Waals surface area contributed by atoms with Gasteiger partial charge < -0.3 is 15.5 Å². The normalized spacial score (nSPS) is 15.8. The molecule has 0 atom stereocenters. The molecule has 1 aromatic rings. The van der Waals surface area contributed by atoms with Crippen molar-refractivity contribution in [2.75, 3.05) is 31.6 Å². The van der Waals surface area contributed by atoms with Gasteiger partial charge in [-0.25, -0.2) is 0 Å². The fourth-order valence-corrected chi connectivity index (χ4v) is 2.48. The van der Waals surface area contributed by atoms with E-state index in [0.717, 1.165) is 12.8 Å². The van der Waals surface area contributed by atoms with Crippen LogP contribution in [0, 0.1) is 10.1 Å². The van der Waals surface area contributed by atoms with E-state index in [1.54, 1.807) is 35.0 Å². The van der Waals surface area contributed by atoms with Crippen molar-refractivity contribution in [2.45, 2.75) is 18.9 Å². The molecule has 21 heavy (non-hydrogen) atoms. The molecule has 1 fully saturated rings. The zero-order chi connectivity index (χ0) is 15.4. The highest BCUT2D eigenvalue weighted by Gasteiger charge is 2.23. The van der Waals surface area contributed by atoms with Gasteiger partial charge in [0.25, 0.3) is 5.69 Å². The molecule has 1 aliphatic heterocycles. The van der Waals surface area contributed by atoms with E-state index in [9.17, 15) is 14.9 Å². The number of hydrogen-bond donors (Lipinski definition) is 1. The number of nitrogens with two attached hydrogens (primary N) is 1. The van der Waals surface area contributed by atoms with E-state index in [4.69, 9.17) is 5.73 Å². The van der Waals surface area contributed by atoms with Crippen LogP contribution in [0.15, 0.2) is 24.3 Å². The van der Waals surface area contributed by atoms with Gasteiger partial charge in [-0.05, 0) is 18.9 Å². The molecule has 1 heterocycles. The van der Waals surface area contributed by atoms with E-state index in [1.165, 1.54) is 6.07 Å². The summed E-state index contributed by atoms with van der Waals surface area (Å²) < 4.78 is 0. The van der Waals surface area contributed by atoms with Crippen molar-refractivity contribution in [1.29, 1.82) is 0 Å². The number of nitrogens with zero attached hydrogens (tertiary/aromatic N) is 3. The van der Waals surface area contributed by atoms with E-state index in [1.807, 2.05) is 0 Å². The molecule has 1 aromatic carbocycles. The monoisotopic (exact) mass is 292 g/mol. The SMILES string of the molecule is CN(CC(=O)N1CCC(N)CC1)c1ccccc1[N+](=O)[O-]. The second kappa shape index (κ2) is 6.53. The third kappa shape index (κ3) is 3.69. The minimum Gasteiger partial charge on any atom is -0.360 e. The van der Waals surface area contributed by atoms with Gasteiger partial charge in [0.05, 0.1) is 11.5 Å². The van der Waals surface area contributed by atoms with Gasteiger partial charge >= 0.3 is 0 Å². The van der Waals surface area contributed by atoms with Gasteiger partial charge in [0.1, 0.15) is 5.69 Å².